The van der Waals surface area contributed by atoms with Gasteiger partial charge in [-0.05, 0) is 53.9 Å². The number of anilines is 1. The fourth-order valence-corrected chi connectivity index (χ4v) is 2.91. The number of carbonyl (C=O) groups is 2. The van der Waals surface area contributed by atoms with E-state index in [0.717, 1.165) is 33.9 Å². The molecule has 0 aliphatic heterocycles. The number of nitrogens with one attached hydrogen (secondary N) is 1. The quantitative estimate of drug-likeness (QED) is 0.709. The molecule has 3 aromatic carbocycles. The molecule has 4 nitrogen and oxygen atoms in total. The third-order valence-electron chi connectivity index (χ3n) is 3.91. The van der Waals surface area contributed by atoms with Crippen LogP contribution < -0.4 is 10.1 Å². The van der Waals surface area contributed by atoms with E-state index in [9.17, 15) is 9.59 Å². The van der Waals surface area contributed by atoms with Gasteiger partial charge in [-0.3, -0.25) is 9.59 Å². The molecule has 1 amide bonds. The zero-order chi connectivity index (χ0) is 17.8. The second-order valence-electron chi connectivity index (χ2n) is 6.03. The summed E-state index contributed by atoms with van der Waals surface area (Å²) in [4.78, 5) is 23.6. The van der Waals surface area contributed by atoms with Gasteiger partial charge in [0.25, 0.3) is 5.91 Å². The topological polar surface area (TPSA) is 55.4 Å². The van der Waals surface area contributed by atoms with Crippen LogP contribution in [0.5, 0.6) is 5.75 Å². The van der Waals surface area contributed by atoms with Crippen LogP contribution in [-0.2, 0) is 4.79 Å². The largest absolute Gasteiger partial charge is 0.483 e. The van der Waals surface area contributed by atoms with Crippen molar-refractivity contribution in [2.75, 3.05) is 11.9 Å². The summed E-state index contributed by atoms with van der Waals surface area (Å²) in [5, 5.41) is 4.58. The van der Waals surface area contributed by atoms with Crippen molar-refractivity contribution < 1.29 is 14.3 Å². The molecule has 0 fully saturated rings. The molecular weight excluding hydrogens is 314 g/mol. The lowest BCUT2D eigenvalue weighted by molar-refractivity contribution is -0.118. The Bertz CT molecular complexity index is 927. The molecule has 25 heavy (non-hydrogen) atoms. The number of rotatable bonds is 5. The second-order valence-corrected chi connectivity index (χ2v) is 6.03. The molecule has 0 saturated carbocycles. The van der Waals surface area contributed by atoms with E-state index in [2.05, 4.69) is 5.32 Å². The Balaban J connectivity index is 1.73. The predicted octanol–water partition coefficient (Wildman–Crippen LogP) is 4.29. The Hall–Kier alpha value is -3.14. The number of fused-ring (bicyclic) bond motifs is 1. The van der Waals surface area contributed by atoms with Crippen molar-refractivity contribution in [3.05, 3.63) is 71.3 Å². The Labute approximate surface area is 146 Å². The van der Waals surface area contributed by atoms with Gasteiger partial charge >= 0.3 is 0 Å². The number of ether oxygens (including phenoxy) is 1. The summed E-state index contributed by atoms with van der Waals surface area (Å²) in [6, 6.07) is 17.0. The summed E-state index contributed by atoms with van der Waals surface area (Å²) in [6.45, 7) is 3.79. The second kappa shape index (κ2) is 7.18. The first-order chi connectivity index (χ1) is 12.1. The van der Waals surface area contributed by atoms with Crippen molar-refractivity contribution >= 4 is 28.7 Å². The van der Waals surface area contributed by atoms with Crippen molar-refractivity contribution in [2.45, 2.75) is 13.8 Å². The molecule has 0 atom stereocenters. The lowest BCUT2D eigenvalue weighted by Gasteiger charge is -2.11. The smallest absolute Gasteiger partial charge is 0.262 e. The average molecular weight is 333 g/mol. The number of aryl methyl sites for hydroxylation is 2. The van der Waals surface area contributed by atoms with Crippen molar-refractivity contribution in [2.24, 2.45) is 0 Å². The van der Waals surface area contributed by atoms with E-state index < -0.39 is 0 Å². The molecule has 0 spiro atoms. The third-order valence-corrected chi connectivity index (χ3v) is 3.91. The standard InChI is InChI=1S/C21H19NO3/c1-14-9-15(2)11-17(10-14)22-21(24)13-25-20-8-7-16-5-3-4-6-18(16)19(20)12-23/h3-12H,13H2,1-2H3,(H,22,24). The maximum Gasteiger partial charge on any atom is 0.262 e. The van der Waals surface area contributed by atoms with Gasteiger partial charge < -0.3 is 10.1 Å². The van der Waals surface area contributed by atoms with Gasteiger partial charge in [0.2, 0.25) is 0 Å². The zero-order valence-electron chi connectivity index (χ0n) is 14.2. The first-order valence-electron chi connectivity index (χ1n) is 8.04. The Morgan fingerprint density at radius 2 is 1.76 bits per heavy atom. The molecule has 1 N–H and O–H groups in total. The molecule has 0 bridgehead atoms. The highest BCUT2D eigenvalue weighted by molar-refractivity contribution is 6.01. The molecule has 0 radical (unpaired) electrons. The first-order valence-corrected chi connectivity index (χ1v) is 8.04. The molecule has 0 unspecified atom stereocenters. The molecule has 0 saturated heterocycles. The highest BCUT2D eigenvalue weighted by Gasteiger charge is 2.10. The zero-order valence-corrected chi connectivity index (χ0v) is 14.2. The number of amides is 1. The van der Waals surface area contributed by atoms with Crippen molar-refractivity contribution in [3.63, 3.8) is 0 Å². The van der Waals surface area contributed by atoms with Crippen LogP contribution in [0.4, 0.5) is 5.69 Å². The molecule has 0 aliphatic rings. The van der Waals surface area contributed by atoms with Crippen LogP contribution in [0.2, 0.25) is 0 Å². The van der Waals surface area contributed by atoms with E-state index in [1.807, 2.05) is 62.4 Å². The normalized spacial score (nSPS) is 10.5. The molecule has 3 rings (SSSR count). The van der Waals surface area contributed by atoms with Crippen LogP contribution in [-0.4, -0.2) is 18.8 Å². The van der Waals surface area contributed by atoms with Crippen LogP contribution in [0.25, 0.3) is 10.8 Å². The summed E-state index contributed by atoms with van der Waals surface area (Å²) < 4.78 is 5.59. The Kier molecular flexibility index (Phi) is 4.80. The number of benzene rings is 3. The van der Waals surface area contributed by atoms with E-state index >= 15 is 0 Å². The van der Waals surface area contributed by atoms with Crippen LogP contribution >= 0.6 is 0 Å². The monoisotopic (exact) mass is 333 g/mol. The summed E-state index contributed by atoms with van der Waals surface area (Å²) >= 11 is 0. The van der Waals surface area contributed by atoms with E-state index in [-0.39, 0.29) is 12.5 Å². The maximum atomic E-state index is 12.1. The van der Waals surface area contributed by atoms with Gasteiger partial charge in [-0.15, -0.1) is 0 Å². The molecule has 4 heteroatoms. The van der Waals surface area contributed by atoms with Gasteiger partial charge in [0.15, 0.2) is 12.9 Å². The maximum absolute atomic E-state index is 12.1. The third kappa shape index (κ3) is 3.86. The lowest BCUT2D eigenvalue weighted by atomic mass is 10.0. The minimum Gasteiger partial charge on any atom is -0.483 e. The fraction of sp³-hybridized carbons (Fsp3) is 0.143. The van der Waals surface area contributed by atoms with E-state index in [0.29, 0.717) is 11.3 Å². The fourth-order valence-electron chi connectivity index (χ4n) is 2.91. The number of carbonyl (C=O) groups excluding carboxylic acids is 2. The summed E-state index contributed by atoms with van der Waals surface area (Å²) in [7, 11) is 0. The summed E-state index contributed by atoms with van der Waals surface area (Å²) in [5.74, 6) is 0.138. The molecule has 0 aliphatic carbocycles. The van der Waals surface area contributed by atoms with Crippen molar-refractivity contribution in [3.8, 4) is 5.75 Å². The van der Waals surface area contributed by atoms with Crippen molar-refractivity contribution in [1.29, 1.82) is 0 Å². The molecule has 0 heterocycles. The number of aldehydes is 1. The first kappa shape index (κ1) is 16.7. The van der Waals surface area contributed by atoms with E-state index in [1.54, 1.807) is 6.07 Å². The Morgan fingerprint density at radius 1 is 1.04 bits per heavy atom. The minimum absolute atomic E-state index is 0.161. The molecule has 3 aromatic rings. The van der Waals surface area contributed by atoms with Crippen LogP contribution in [0.3, 0.4) is 0 Å². The number of hydrogen-bond donors (Lipinski definition) is 1. The molecular formula is C21H19NO3. The van der Waals surface area contributed by atoms with Gasteiger partial charge in [0, 0.05) is 5.69 Å². The van der Waals surface area contributed by atoms with E-state index in [1.165, 1.54) is 0 Å². The van der Waals surface area contributed by atoms with Crippen LogP contribution in [0.15, 0.2) is 54.6 Å². The minimum atomic E-state index is -0.269. The molecule has 126 valence electrons. The summed E-state index contributed by atoms with van der Waals surface area (Å²) in [6.07, 6.45) is 0.763. The van der Waals surface area contributed by atoms with Crippen LogP contribution in [0.1, 0.15) is 21.5 Å². The Morgan fingerprint density at radius 3 is 2.48 bits per heavy atom. The summed E-state index contributed by atoms with van der Waals surface area (Å²) in [5.41, 5.74) is 3.35. The van der Waals surface area contributed by atoms with Gasteiger partial charge in [0.05, 0.1) is 5.56 Å². The average Bonchev–Trinajstić information content (AvgIpc) is 2.58. The SMILES string of the molecule is Cc1cc(C)cc(NC(=O)COc2ccc3ccccc3c2C=O)c1. The highest BCUT2D eigenvalue weighted by Crippen LogP contribution is 2.26. The number of hydrogen-bond acceptors (Lipinski definition) is 3. The van der Waals surface area contributed by atoms with Gasteiger partial charge in [-0.1, -0.05) is 36.4 Å². The molecule has 0 aromatic heterocycles. The van der Waals surface area contributed by atoms with Crippen LogP contribution in [0, 0.1) is 13.8 Å². The van der Waals surface area contributed by atoms with Crippen molar-refractivity contribution in [1.82, 2.24) is 0 Å². The van der Waals surface area contributed by atoms with Gasteiger partial charge in [-0.2, -0.15) is 0 Å². The lowest BCUT2D eigenvalue weighted by Crippen LogP contribution is -2.20. The van der Waals surface area contributed by atoms with E-state index in [4.69, 9.17) is 4.74 Å². The predicted molar refractivity (Wildman–Crippen MR) is 99.4 cm³/mol. The van der Waals surface area contributed by atoms with Gasteiger partial charge in [0.1, 0.15) is 5.75 Å². The highest BCUT2D eigenvalue weighted by atomic mass is 16.5. The van der Waals surface area contributed by atoms with Gasteiger partial charge in [-0.25, -0.2) is 0 Å².